The van der Waals surface area contributed by atoms with Gasteiger partial charge in [0.1, 0.15) is 6.61 Å². The summed E-state index contributed by atoms with van der Waals surface area (Å²) in [5.41, 5.74) is 3.63. The first-order chi connectivity index (χ1) is 12.8. The van der Waals surface area contributed by atoms with Crippen molar-refractivity contribution in [3.05, 3.63) is 53.6 Å². The number of nitrogens with zero attached hydrogens (tertiary/aromatic N) is 2. The van der Waals surface area contributed by atoms with Crippen LogP contribution in [0.5, 0.6) is 11.5 Å². The molecule has 0 saturated carbocycles. The van der Waals surface area contributed by atoms with Crippen molar-refractivity contribution in [1.29, 1.82) is 0 Å². The van der Waals surface area contributed by atoms with Gasteiger partial charge in [0, 0.05) is 25.8 Å². The summed E-state index contributed by atoms with van der Waals surface area (Å²) in [5.74, 6) is 4.64. The summed E-state index contributed by atoms with van der Waals surface area (Å²) in [4.78, 5) is 6.66. The topological polar surface area (TPSA) is 46.1 Å². The number of fused-ring (bicyclic) bond motifs is 1. The van der Waals surface area contributed by atoms with E-state index in [-0.39, 0.29) is 6.61 Å². The molecule has 0 fully saturated rings. The Hall–Kier alpha value is -3.13. The van der Waals surface area contributed by atoms with Crippen molar-refractivity contribution in [2.24, 2.45) is 4.99 Å². The van der Waals surface area contributed by atoms with Crippen molar-refractivity contribution in [2.45, 2.75) is 13.0 Å². The van der Waals surface area contributed by atoms with Crippen LogP contribution in [0.4, 0.5) is 5.69 Å². The normalized spacial score (nSPS) is 13.1. The monoisotopic (exact) mass is 349 g/mol. The van der Waals surface area contributed by atoms with E-state index in [2.05, 4.69) is 45.4 Å². The summed E-state index contributed by atoms with van der Waals surface area (Å²) in [5, 5.41) is 3.43. The minimum atomic E-state index is 0.208. The molecule has 1 aliphatic heterocycles. The van der Waals surface area contributed by atoms with Gasteiger partial charge in [0.25, 0.3) is 0 Å². The maximum atomic E-state index is 5.57. The van der Waals surface area contributed by atoms with E-state index < -0.39 is 0 Å². The van der Waals surface area contributed by atoms with Crippen molar-refractivity contribution in [2.75, 3.05) is 32.2 Å². The van der Waals surface area contributed by atoms with E-state index >= 15 is 0 Å². The molecule has 0 spiro atoms. The molecule has 5 nitrogen and oxygen atoms in total. The number of guanidine groups is 1. The lowest BCUT2D eigenvalue weighted by Gasteiger charge is -2.22. The van der Waals surface area contributed by atoms with Crippen LogP contribution in [0.2, 0.25) is 0 Å². The second-order valence-corrected chi connectivity index (χ2v) is 5.91. The molecule has 0 bridgehead atoms. The van der Waals surface area contributed by atoms with Crippen LogP contribution in [0, 0.1) is 12.3 Å². The van der Waals surface area contributed by atoms with E-state index in [0.29, 0.717) is 18.0 Å². The Morgan fingerprint density at radius 1 is 1.27 bits per heavy atom. The van der Waals surface area contributed by atoms with Crippen LogP contribution in [0.3, 0.4) is 0 Å². The van der Waals surface area contributed by atoms with Crippen molar-refractivity contribution in [3.63, 3.8) is 0 Å². The van der Waals surface area contributed by atoms with Gasteiger partial charge in [-0.1, -0.05) is 30.2 Å². The summed E-state index contributed by atoms with van der Waals surface area (Å²) >= 11 is 0. The fourth-order valence-corrected chi connectivity index (χ4v) is 3.10. The van der Waals surface area contributed by atoms with Gasteiger partial charge in [0.2, 0.25) is 0 Å². The van der Waals surface area contributed by atoms with E-state index in [4.69, 9.17) is 15.9 Å². The van der Waals surface area contributed by atoms with Gasteiger partial charge in [-0.25, -0.2) is 0 Å². The summed E-state index contributed by atoms with van der Waals surface area (Å²) in [6.45, 7) is 1.76. The van der Waals surface area contributed by atoms with Gasteiger partial charge < -0.3 is 19.7 Å². The first-order valence-electron chi connectivity index (χ1n) is 8.56. The molecule has 1 aliphatic rings. The molecular weight excluding hydrogens is 326 g/mol. The van der Waals surface area contributed by atoms with Crippen LogP contribution in [-0.2, 0) is 13.0 Å². The lowest BCUT2D eigenvalue weighted by atomic mass is 10.2. The molecule has 0 aliphatic carbocycles. The number of hydrogen-bond acceptors (Lipinski definition) is 3. The fraction of sp³-hybridized carbons (Fsp3) is 0.286. The molecule has 0 aromatic heterocycles. The molecule has 5 heteroatoms. The standard InChI is InChI=1S/C21H23N3O2/c1-4-13-26-20-14-16(9-10-19(20)25-3)15-23-21(22-2)24-12-11-17-7-5-6-8-18(17)24/h1,5-10,14H,11-13,15H2,2-3H3,(H,22,23). The number of methoxy groups -OCH3 is 1. The van der Waals surface area contributed by atoms with Crippen LogP contribution < -0.4 is 19.7 Å². The highest BCUT2D eigenvalue weighted by Crippen LogP contribution is 2.29. The highest BCUT2D eigenvalue weighted by molar-refractivity contribution is 5.97. The Morgan fingerprint density at radius 2 is 2.12 bits per heavy atom. The third kappa shape index (κ3) is 3.75. The van der Waals surface area contributed by atoms with Gasteiger partial charge in [-0.3, -0.25) is 4.99 Å². The number of para-hydroxylation sites is 1. The average molecular weight is 349 g/mol. The molecule has 26 heavy (non-hydrogen) atoms. The fourth-order valence-electron chi connectivity index (χ4n) is 3.10. The summed E-state index contributed by atoms with van der Waals surface area (Å²) in [6.07, 6.45) is 6.31. The molecule has 1 N–H and O–H groups in total. The summed E-state index contributed by atoms with van der Waals surface area (Å²) < 4.78 is 10.9. The smallest absolute Gasteiger partial charge is 0.198 e. The Kier molecular flexibility index (Phi) is 5.65. The summed E-state index contributed by atoms with van der Waals surface area (Å²) in [7, 11) is 3.42. The minimum Gasteiger partial charge on any atom is -0.493 e. The molecule has 1 heterocycles. The van der Waals surface area contributed by atoms with Gasteiger partial charge in [-0.15, -0.1) is 6.42 Å². The Balaban J connectivity index is 1.71. The Labute approximate surface area is 154 Å². The van der Waals surface area contributed by atoms with E-state index in [1.165, 1.54) is 11.3 Å². The second kappa shape index (κ2) is 8.30. The van der Waals surface area contributed by atoms with Crippen LogP contribution in [0.15, 0.2) is 47.5 Å². The first kappa shape index (κ1) is 17.7. The Bertz CT molecular complexity index is 839. The maximum absolute atomic E-state index is 5.57. The number of terminal acetylenes is 1. The number of rotatable bonds is 5. The lowest BCUT2D eigenvalue weighted by molar-refractivity contribution is 0.330. The number of anilines is 1. The SMILES string of the molecule is C#CCOc1cc(CNC(=NC)N2CCc3ccccc32)ccc1OC. The van der Waals surface area contributed by atoms with Crippen LogP contribution in [-0.4, -0.2) is 33.3 Å². The van der Waals surface area contributed by atoms with Crippen LogP contribution >= 0.6 is 0 Å². The van der Waals surface area contributed by atoms with Crippen molar-refractivity contribution in [1.82, 2.24) is 5.32 Å². The van der Waals surface area contributed by atoms with E-state index in [9.17, 15) is 0 Å². The zero-order chi connectivity index (χ0) is 18.4. The zero-order valence-corrected chi connectivity index (χ0v) is 15.2. The highest BCUT2D eigenvalue weighted by Gasteiger charge is 2.22. The third-order valence-electron chi connectivity index (χ3n) is 4.34. The lowest BCUT2D eigenvalue weighted by Crippen LogP contribution is -2.40. The van der Waals surface area contributed by atoms with Crippen molar-refractivity contribution < 1.29 is 9.47 Å². The largest absolute Gasteiger partial charge is 0.493 e. The predicted octanol–water partition coefficient (Wildman–Crippen LogP) is 2.85. The highest BCUT2D eigenvalue weighted by atomic mass is 16.5. The Morgan fingerprint density at radius 3 is 2.88 bits per heavy atom. The van der Waals surface area contributed by atoms with Crippen LogP contribution in [0.25, 0.3) is 0 Å². The third-order valence-corrected chi connectivity index (χ3v) is 4.34. The van der Waals surface area contributed by atoms with Crippen molar-refractivity contribution in [3.8, 4) is 23.8 Å². The number of hydrogen-bond donors (Lipinski definition) is 1. The quantitative estimate of drug-likeness (QED) is 0.512. The molecule has 3 rings (SSSR count). The molecule has 0 saturated heterocycles. The van der Waals surface area contributed by atoms with E-state index in [1.54, 1.807) is 14.2 Å². The molecule has 0 unspecified atom stereocenters. The first-order valence-corrected chi connectivity index (χ1v) is 8.56. The van der Waals surface area contributed by atoms with Gasteiger partial charge in [0.05, 0.1) is 7.11 Å². The molecular formula is C21H23N3O2. The van der Waals surface area contributed by atoms with Crippen molar-refractivity contribution >= 4 is 11.6 Å². The predicted molar refractivity (Wildman–Crippen MR) is 105 cm³/mol. The maximum Gasteiger partial charge on any atom is 0.198 e. The number of benzene rings is 2. The summed E-state index contributed by atoms with van der Waals surface area (Å²) in [6, 6.07) is 14.3. The van der Waals surface area contributed by atoms with E-state index in [1.807, 2.05) is 18.2 Å². The number of ether oxygens (including phenoxy) is 2. The molecule has 2 aromatic carbocycles. The van der Waals surface area contributed by atoms with Gasteiger partial charge in [-0.2, -0.15) is 0 Å². The van der Waals surface area contributed by atoms with Gasteiger partial charge in [-0.05, 0) is 35.7 Å². The second-order valence-electron chi connectivity index (χ2n) is 5.91. The minimum absolute atomic E-state index is 0.208. The van der Waals surface area contributed by atoms with Gasteiger partial charge >= 0.3 is 0 Å². The number of nitrogens with one attached hydrogen (secondary N) is 1. The molecule has 134 valence electrons. The van der Waals surface area contributed by atoms with E-state index in [0.717, 1.165) is 24.5 Å². The number of aliphatic imine (C=N–C) groups is 1. The molecule has 0 radical (unpaired) electrons. The van der Waals surface area contributed by atoms with Gasteiger partial charge in [0.15, 0.2) is 17.5 Å². The molecule has 0 atom stereocenters. The zero-order valence-electron chi connectivity index (χ0n) is 15.2. The average Bonchev–Trinajstić information content (AvgIpc) is 3.11. The van der Waals surface area contributed by atoms with Crippen LogP contribution in [0.1, 0.15) is 11.1 Å². The molecule has 0 amide bonds. The molecule has 2 aromatic rings.